The number of aliphatic hydroxyl groups is 1. The van der Waals surface area contributed by atoms with Gasteiger partial charge in [0, 0.05) is 23.1 Å². The van der Waals surface area contributed by atoms with Crippen LogP contribution in [0.2, 0.25) is 0 Å². The molecule has 1 aliphatic heterocycles. The lowest BCUT2D eigenvalue weighted by Gasteiger charge is -2.59. The van der Waals surface area contributed by atoms with E-state index in [1.54, 1.807) is 13.8 Å². The van der Waals surface area contributed by atoms with E-state index in [1.165, 1.54) is 45.4 Å². The van der Waals surface area contributed by atoms with E-state index in [1.807, 2.05) is 0 Å². The molecule has 1 saturated heterocycles. The van der Waals surface area contributed by atoms with Crippen LogP contribution in [0.4, 0.5) is 0 Å². The number of cyclic esters (lactones) is 1. The van der Waals surface area contributed by atoms with E-state index in [-0.39, 0.29) is 29.7 Å². The van der Waals surface area contributed by atoms with Crippen LogP contribution in [-0.2, 0) is 38.1 Å². The van der Waals surface area contributed by atoms with E-state index in [0.29, 0.717) is 47.8 Å². The number of hydrogen-bond acceptors (Lipinski definition) is 9. The van der Waals surface area contributed by atoms with E-state index < -0.39 is 23.6 Å². The fourth-order valence-corrected chi connectivity index (χ4v) is 9.93. The third kappa shape index (κ3) is 7.55. The lowest BCUT2D eigenvalue weighted by Crippen LogP contribution is -2.60. The molecule has 8 saturated carbocycles. The molecule has 1 heterocycles. The topological polar surface area (TPSA) is 125 Å². The normalized spacial score (nSPS) is 39.8. The summed E-state index contributed by atoms with van der Waals surface area (Å²) in [5.41, 5.74) is 0.249. The van der Waals surface area contributed by atoms with Gasteiger partial charge in [-0.3, -0.25) is 0 Å². The third-order valence-electron chi connectivity index (χ3n) is 12.2. The van der Waals surface area contributed by atoms with Crippen LogP contribution >= 0.6 is 0 Å². The molecule has 9 heteroatoms. The standard InChI is InChI=1S/C15H22O3.C15H22O2.C8H10O4/c1-9(2)14(16)18-8-15(17)12-4-10-3-11(6-12)7-13(15)5-10;1-9(2)14(16)17-15(3)12-5-10-4-11(7-12)8-13(15)6-10;1-5(2)7(9)12-6-3-4-11-8(6)10/h10-13,17H,1,3-8H2,2H3;10-13H,1,4-8H2,2-3H3;6H,1,3-4H2,2H3. The van der Waals surface area contributed by atoms with Crippen molar-refractivity contribution in [2.24, 2.45) is 47.3 Å². The average molecular weight is 655 g/mol. The van der Waals surface area contributed by atoms with Gasteiger partial charge in [0.2, 0.25) is 6.10 Å². The zero-order valence-electron chi connectivity index (χ0n) is 28.7. The van der Waals surface area contributed by atoms with Crippen molar-refractivity contribution in [3.63, 3.8) is 0 Å². The number of carbonyl (C=O) groups is 4. The van der Waals surface area contributed by atoms with Crippen LogP contribution in [0, 0.1) is 47.3 Å². The molecule has 9 aliphatic rings. The molecule has 0 aromatic carbocycles. The first-order chi connectivity index (χ1) is 22.1. The molecular weight excluding hydrogens is 600 g/mol. The number of esters is 4. The van der Waals surface area contributed by atoms with Crippen molar-refractivity contribution >= 4 is 23.9 Å². The van der Waals surface area contributed by atoms with Gasteiger partial charge in [0.25, 0.3) is 0 Å². The Morgan fingerprint density at radius 2 is 1.15 bits per heavy atom. The molecule has 1 atom stereocenters. The minimum absolute atomic E-state index is 0.160. The van der Waals surface area contributed by atoms with Crippen molar-refractivity contribution in [3.8, 4) is 0 Å². The van der Waals surface area contributed by atoms with Crippen LogP contribution in [0.5, 0.6) is 0 Å². The van der Waals surface area contributed by atoms with E-state index in [4.69, 9.17) is 14.2 Å². The highest BCUT2D eigenvalue weighted by molar-refractivity contribution is 5.90. The molecule has 1 unspecified atom stereocenters. The third-order valence-corrected chi connectivity index (χ3v) is 12.2. The fourth-order valence-electron chi connectivity index (χ4n) is 9.93. The van der Waals surface area contributed by atoms with Crippen LogP contribution in [0.15, 0.2) is 36.5 Å². The van der Waals surface area contributed by atoms with Gasteiger partial charge >= 0.3 is 23.9 Å². The predicted molar refractivity (Wildman–Crippen MR) is 174 cm³/mol. The summed E-state index contributed by atoms with van der Waals surface area (Å²) in [6, 6.07) is 0. The second-order valence-corrected chi connectivity index (χ2v) is 15.9. The SMILES string of the molecule is C=C(C)C(=O)OC1(C)C2CC3CC(C2)CC1C3.C=C(C)C(=O)OC1CCOC1=O.C=C(C)C(=O)OCC1(O)C2CC3CC(C2)CC1C3. The van der Waals surface area contributed by atoms with Crippen molar-refractivity contribution in [1.29, 1.82) is 0 Å². The van der Waals surface area contributed by atoms with Crippen molar-refractivity contribution in [2.45, 2.75) is 116 Å². The Hall–Kier alpha value is -2.94. The molecule has 1 N–H and O–H groups in total. The lowest BCUT2D eigenvalue weighted by atomic mass is 9.50. The molecular formula is C38H54O9. The van der Waals surface area contributed by atoms with Crippen LogP contribution in [0.25, 0.3) is 0 Å². The Morgan fingerprint density at radius 1 is 0.723 bits per heavy atom. The second-order valence-electron chi connectivity index (χ2n) is 15.9. The lowest BCUT2D eigenvalue weighted by molar-refractivity contribution is -0.201. The first kappa shape index (κ1) is 35.4. The quantitative estimate of drug-likeness (QED) is 0.199. The molecule has 9 nitrogen and oxygen atoms in total. The van der Waals surface area contributed by atoms with Crippen LogP contribution in [-0.4, -0.2) is 59.5 Å². The highest BCUT2D eigenvalue weighted by atomic mass is 16.6. The highest BCUT2D eigenvalue weighted by Crippen LogP contribution is 2.60. The maximum absolute atomic E-state index is 11.8. The summed E-state index contributed by atoms with van der Waals surface area (Å²) in [6.07, 6.45) is 12.1. The Kier molecular flexibility index (Phi) is 10.5. The maximum Gasteiger partial charge on any atom is 0.347 e. The molecule has 0 amide bonds. The molecule has 9 fully saturated rings. The van der Waals surface area contributed by atoms with Gasteiger partial charge in [-0.25, -0.2) is 19.2 Å². The molecule has 260 valence electrons. The number of carbonyl (C=O) groups excluding carboxylic acids is 4. The monoisotopic (exact) mass is 654 g/mol. The van der Waals surface area contributed by atoms with Gasteiger partial charge in [-0.1, -0.05) is 19.7 Å². The first-order valence-electron chi connectivity index (χ1n) is 17.6. The summed E-state index contributed by atoms with van der Waals surface area (Å²) in [5.74, 6) is 3.74. The zero-order valence-corrected chi connectivity index (χ0v) is 28.7. The molecule has 8 aliphatic carbocycles. The molecule has 0 aromatic rings. The van der Waals surface area contributed by atoms with E-state index in [2.05, 4.69) is 31.4 Å². The molecule has 8 bridgehead atoms. The van der Waals surface area contributed by atoms with Crippen molar-refractivity contribution in [2.75, 3.05) is 13.2 Å². The van der Waals surface area contributed by atoms with Crippen LogP contribution in [0.3, 0.4) is 0 Å². The minimum Gasteiger partial charge on any atom is -0.463 e. The highest BCUT2D eigenvalue weighted by Gasteiger charge is 2.58. The molecule has 9 rings (SSSR count). The van der Waals surface area contributed by atoms with Gasteiger partial charge in [-0.05, 0) is 139 Å². The van der Waals surface area contributed by atoms with Gasteiger partial charge in [-0.15, -0.1) is 0 Å². The largest absolute Gasteiger partial charge is 0.463 e. The second kappa shape index (κ2) is 13.9. The summed E-state index contributed by atoms with van der Waals surface area (Å²) in [4.78, 5) is 45.0. The summed E-state index contributed by atoms with van der Waals surface area (Å²) in [7, 11) is 0. The fraction of sp³-hybridized carbons (Fsp3) is 0.737. The van der Waals surface area contributed by atoms with Gasteiger partial charge in [0.05, 0.1) is 6.61 Å². The molecule has 0 aromatic heterocycles. The number of rotatable bonds is 7. The summed E-state index contributed by atoms with van der Waals surface area (Å²) < 4.78 is 20.5. The smallest absolute Gasteiger partial charge is 0.347 e. The summed E-state index contributed by atoms with van der Waals surface area (Å²) >= 11 is 0. The van der Waals surface area contributed by atoms with Gasteiger partial charge < -0.3 is 24.1 Å². The number of hydrogen-bond donors (Lipinski definition) is 1. The van der Waals surface area contributed by atoms with Gasteiger partial charge in [-0.2, -0.15) is 0 Å². The van der Waals surface area contributed by atoms with Crippen molar-refractivity contribution < 1.29 is 43.2 Å². The minimum atomic E-state index is -0.765. The average Bonchev–Trinajstić information content (AvgIpc) is 3.41. The zero-order chi connectivity index (χ0) is 34.3. The van der Waals surface area contributed by atoms with E-state index >= 15 is 0 Å². The summed E-state index contributed by atoms with van der Waals surface area (Å²) in [6.45, 7) is 18.2. The van der Waals surface area contributed by atoms with Crippen molar-refractivity contribution in [3.05, 3.63) is 36.5 Å². The maximum atomic E-state index is 11.8. The first-order valence-corrected chi connectivity index (χ1v) is 17.6. The number of ether oxygens (including phenoxy) is 4. The van der Waals surface area contributed by atoms with E-state index in [0.717, 1.165) is 49.4 Å². The Bertz CT molecular complexity index is 1240. The Balaban J connectivity index is 0.000000142. The van der Waals surface area contributed by atoms with Crippen LogP contribution in [0.1, 0.15) is 98.3 Å². The molecule has 0 radical (unpaired) electrons. The Morgan fingerprint density at radius 3 is 1.53 bits per heavy atom. The Labute approximate surface area is 279 Å². The van der Waals surface area contributed by atoms with Crippen molar-refractivity contribution in [1.82, 2.24) is 0 Å². The van der Waals surface area contributed by atoms with Gasteiger partial charge in [0.1, 0.15) is 17.8 Å². The molecule has 0 spiro atoms. The van der Waals surface area contributed by atoms with Gasteiger partial charge in [0.15, 0.2) is 0 Å². The predicted octanol–water partition coefficient (Wildman–Crippen LogP) is 6.03. The molecule has 47 heavy (non-hydrogen) atoms. The van der Waals surface area contributed by atoms with E-state index in [9.17, 15) is 24.3 Å². The van der Waals surface area contributed by atoms with Crippen LogP contribution < -0.4 is 0 Å². The summed E-state index contributed by atoms with van der Waals surface area (Å²) in [5, 5.41) is 10.9.